The van der Waals surface area contributed by atoms with Gasteiger partial charge in [0.2, 0.25) is 0 Å². The van der Waals surface area contributed by atoms with Gasteiger partial charge in [-0.05, 0) is 48.5 Å². The molecule has 5 nitrogen and oxygen atoms in total. The zero-order valence-corrected chi connectivity index (χ0v) is 15.0. The first-order valence-electron chi connectivity index (χ1n) is 7.98. The normalized spacial score (nSPS) is 11.0. The number of carbonyl (C=O) groups is 1. The molecular formula is C20H18N2O3S. The molecule has 0 saturated heterocycles. The lowest BCUT2D eigenvalue weighted by Gasteiger charge is -2.17. The van der Waals surface area contributed by atoms with E-state index >= 15 is 0 Å². The van der Waals surface area contributed by atoms with E-state index in [1.165, 1.54) is 29.2 Å². The van der Waals surface area contributed by atoms with E-state index in [1.54, 1.807) is 37.4 Å². The van der Waals surface area contributed by atoms with Crippen LogP contribution < -0.4 is 9.62 Å². The van der Waals surface area contributed by atoms with Crippen molar-refractivity contribution in [2.24, 2.45) is 0 Å². The molecule has 0 aliphatic heterocycles. The molecule has 0 heterocycles. The molecule has 26 heavy (non-hydrogen) atoms. The van der Waals surface area contributed by atoms with E-state index in [9.17, 15) is 13.2 Å². The summed E-state index contributed by atoms with van der Waals surface area (Å²) >= 11 is 0. The standard InChI is InChI=1S/C20H18N2O3S/c1-22(18-10-6-3-7-11-18)20(23)16-12-14-19(15-13-16)26(24,25)21-17-8-4-2-5-9-17/h2-15,21H,1H3. The van der Waals surface area contributed by atoms with Gasteiger partial charge < -0.3 is 4.90 Å². The van der Waals surface area contributed by atoms with Gasteiger partial charge in [-0.25, -0.2) is 8.42 Å². The molecular weight excluding hydrogens is 348 g/mol. The highest BCUT2D eigenvalue weighted by Gasteiger charge is 2.17. The molecule has 1 N–H and O–H groups in total. The minimum absolute atomic E-state index is 0.0975. The number of benzene rings is 3. The van der Waals surface area contributed by atoms with E-state index in [2.05, 4.69) is 4.72 Å². The Labute approximate surface area is 153 Å². The minimum atomic E-state index is -3.70. The number of nitrogens with one attached hydrogen (secondary N) is 1. The van der Waals surface area contributed by atoms with Crippen molar-refractivity contribution >= 4 is 27.3 Å². The van der Waals surface area contributed by atoms with E-state index in [0.29, 0.717) is 11.3 Å². The SMILES string of the molecule is CN(C(=O)c1ccc(S(=O)(=O)Nc2ccccc2)cc1)c1ccccc1. The lowest BCUT2D eigenvalue weighted by Crippen LogP contribution is -2.26. The van der Waals surface area contributed by atoms with Gasteiger partial charge in [0.1, 0.15) is 0 Å². The second kappa shape index (κ2) is 7.41. The van der Waals surface area contributed by atoms with Gasteiger partial charge in [-0.15, -0.1) is 0 Å². The first kappa shape index (κ1) is 17.7. The van der Waals surface area contributed by atoms with E-state index in [0.717, 1.165) is 5.69 Å². The zero-order chi connectivity index (χ0) is 18.6. The van der Waals surface area contributed by atoms with Gasteiger partial charge in [0.25, 0.3) is 15.9 Å². The van der Waals surface area contributed by atoms with Crippen LogP contribution in [-0.2, 0) is 10.0 Å². The fraction of sp³-hybridized carbons (Fsp3) is 0.0500. The summed E-state index contributed by atoms with van der Waals surface area (Å²) < 4.78 is 27.4. The number of sulfonamides is 1. The van der Waals surface area contributed by atoms with Gasteiger partial charge in [-0.2, -0.15) is 0 Å². The van der Waals surface area contributed by atoms with Gasteiger partial charge in [-0.3, -0.25) is 9.52 Å². The largest absolute Gasteiger partial charge is 0.311 e. The summed E-state index contributed by atoms with van der Waals surface area (Å²) in [6, 6.07) is 23.8. The van der Waals surface area contributed by atoms with Gasteiger partial charge in [-0.1, -0.05) is 36.4 Å². The van der Waals surface area contributed by atoms with Crippen molar-refractivity contribution in [2.75, 3.05) is 16.7 Å². The van der Waals surface area contributed by atoms with Gasteiger partial charge in [0.15, 0.2) is 0 Å². The van der Waals surface area contributed by atoms with Crippen LogP contribution in [0.1, 0.15) is 10.4 Å². The Morgan fingerprint density at radius 3 is 1.92 bits per heavy atom. The third-order valence-electron chi connectivity index (χ3n) is 3.89. The van der Waals surface area contributed by atoms with Crippen LogP contribution in [0, 0.1) is 0 Å². The van der Waals surface area contributed by atoms with Crippen molar-refractivity contribution in [3.8, 4) is 0 Å². The van der Waals surface area contributed by atoms with E-state index < -0.39 is 10.0 Å². The highest BCUT2D eigenvalue weighted by molar-refractivity contribution is 7.92. The molecule has 3 aromatic rings. The molecule has 0 fully saturated rings. The first-order valence-corrected chi connectivity index (χ1v) is 9.47. The third kappa shape index (κ3) is 3.92. The minimum Gasteiger partial charge on any atom is -0.311 e. The summed E-state index contributed by atoms with van der Waals surface area (Å²) in [5.41, 5.74) is 1.66. The third-order valence-corrected chi connectivity index (χ3v) is 5.28. The summed E-state index contributed by atoms with van der Waals surface area (Å²) in [5, 5.41) is 0. The second-order valence-electron chi connectivity index (χ2n) is 5.70. The molecule has 0 bridgehead atoms. The molecule has 3 rings (SSSR count). The van der Waals surface area contributed by atoms with Gasteiger partial charge in [0, 0.05) is 24.0 Å². The van der Waals surface area contributed by atoms with Crippen LogP contribution in [0.2, 0.25) is 0 Å². The van der Waals surface area contributed by atoms with Crippen molar-refractivity contribution in [3.05, 3.63) is 90.5 Å². The van der Waals surface area contributed by atoms with Crippen molar-refractivity contribution in [3.63, 3.8) is 0 Å². The number of carbonyl (C=O) groups excluding carboxylic acids is 1. The highest BCUT2D eigenvalue weighted by Crippen LogP contribution is 2.19. The lowest BCUT2D eigenvalue weighted by atomic mass is 10.2. The molecule has 1 amide bonds. The van der Waals surface area contributed by atoms with E-state index in [-0.39, 0.29) is 10.8 Å². The van der Waals surface area contributed by atoms with Crippen LogP contribution in [0.15, 0.2) is 89.8 Å². The van der Waals surface area contributed by atoms with Crippen molar-refractivity contribution in [1.29, 1.82) is 0 Å². The Morgan fingerprint density at radius 1 is 0.808 bits per heavy atom. The second-order valence-corrected chi connectivity index (χ2v) is 7.38. The summed E-state index contributed by atoms with van der Waals surface area (Å²) in [6.07, 6.45) is 0. The Balaban J connectivity index is 1.79. The summed E-state index contributed by atoms with van der Waals surface area (Å²) in [5.74, 6) is -0.212. The molecule has 0 radical (unpaired) electrons. The van der Waals surface area contributed by atoms with Crippen LogP contribution in [0.25, 0.3) is 0 Å². The maximum absolute atomic E-state index is 12.6. The molecule has 0 atom stereocenters. The molecule has 0 saturated carbocycles. The predicted octanol–water partition coefficient (Wildman–Crippen LogP) is 3.76. The number of rotatable bonds is 5. The number of nitrogens with zero attached hydrogens (tertiary/aromatic N) is 1. The number of hydrogen-bond donors (Lipinski definition) is 1. The average molecular weight is 366 g/mol. The topological polar surface area (TPSA) is 66.5 Å². The quantitative estimate of drug-likeness (QED) is 0.748. The Morgan fingerprint density at radius 2 is 1.35 bits per heavy atom. The van der Waals surface area contributed by atoms with Gasteiger partial charge >= 0.3 is 0 Å². The van der Waals surface area contributed by atoms with Crippen LogP contribution in [0.4, 0.5) is 11.4 Å². The van der Waals surface area contributed by atoms with Crippen molar-refractivity contribution in [2.45, 2.75) is 4.90 Å². The van der Waals surface area contributed by atoms with Crippen LogP contribution in [-0.4, -0.2) is 21.4 Å². The van der Waals surface area contributed by atoms with Crippen LogP contribution in [0.5, 0.6) is 0 Å². The summed E-state index contributed by atoms with van der Waals surface area (Å²) in [6.45, 7) is 0. The Bertz CT molecular complexity index is 986. The molecule has 0 spiro atoms. The first-order chi connectivity index (χ1) is 12.5. The maximum Gasteiger partial charge on any atom is 0.261 e. The molecule has 0 aromatic heterocycles. The van der Waals surface area contributed by atoms with Crippen molar-refractivity contribution in [1.82, 2.24) is 0 Å². The Hall–Kier alpha value is -3.12. The lowest BCUT2D eigenvalue weighted by molar-refractivity contribution is 0.0993. The molecule has 3 aromatic carbocycles. The maximum atomic E-state index is 12.6. The number of anilines is 2. The van der Waals surface area contributed by atoms with E-state index in [4.69, 9.17) is 0 Å². The van der Waals surface area contributed by atoms with Crippen LogP contribution in [0.3, 0.4) is 0 Å². The van der Waals surface area contributed by atoms with E-state index in [1.807, 2.05) is 30.3 Å². The number of para-hydroxylation sites is 2. The Kier molecular flexibility index (Phi) is 5.04. The molecule has 132 valence electrons. The zero-order valence-electron chi connectivity index (χ0n) is 14.2. The molecule has 0 aliphatic carbocycles. The number of hydrogen-bond acceptors (Lipinski definition) is 3. The smallest absolute Gasteiger partial charge is 0.261 e. The van der Waals surface area contributed by atoms with Gasteiger partial charge in [0.05, 0.1) is 4.90 Å². The molecule has 0 aliphatic rings. The summed E-state index contributed by atoms with van der Waals surface area (Å²) in [7, 11) is -2.02. The van der Waals surface area contributed by atoms with Crippen molar-refractivity contribution < 1.29 is 13.2 Å². The average Bonchev–Trinajstić information content (AvgIpc) is 2.68. The highest BCUT2D eigenvalue weighted by atomic mass is 32.2. The van der Waals surface area contributed by atoms with Crippen LogP contribution >= 0.6 is 0 Å². The number of amides is 1. The molecule has 6 heteroatoms. The monoisotopic (exact) mass is 366 g/mol. The molecule has 0 unspecified atom stereocenters. The predicted molar refractivity (Wildman–Crippen MR) is 103 cm³/mol. The summed E-state index contributed by atoms with van der Waals surface area (Å²) in [4.78, 5) is 14.2. The fourth-order valence-corrected chi connectivity index (χ4v) is 3.52. The fourth-order valence-electron chi connectivity index (χ4n) is 2.46.